The minimum Gasteiger partial charge on any atom is -0.455 e. The van der Waals surface area contributed by atoms with Gasteiger partial charge in [0.2, 0.25) is 0 Å². The number of hydrogen-bond acceptors (Lipinski definition) is 6. The Hall–Kier alpha value is -3.58. The van der Waals surface area contributed by atoms with Gasteiger partial charge >= 0.3 is 5.97 Å². The third-order valence-electron chi connectivity index (χ3n) is 5.58. The molecule has 3 aromatic heterocycles. The first kappa shape index (κ1) is 20.3. The Kier molecular flexibility index (Phi) is 5.41. The molecule has 4 aromatic rings. The third kappa shape index (κ3) is 3.76. The van der Waals surface area contributed by atoms with E-state index in [0.29, 0.717) is 11.6 Å². The van der Waals surface area contributed by atoms with Crippen LogP contribution in [0.15, 0.2) is 65.0 Å². The number of carbonyl (C=O) groups excluding carboxylic acids is 1. The lowest BCUT2D eigenvalue weighted by Gasteiger charge is -2.18. The van der Waals surface area contributed by atoms with Crippen molar-refractivity contribution in [1.82, 2.24) is 14.5 Å². The van der Waals surface area contributed by atoms with Gasteiger partial charge in [-0.1, -0.05) is 30.3 Å². The molecule has 0 N–H and O–H groups in total. The summed E-state index contributed by atoms with van der Waals surface area (Å²) in [6, 6.07) is 13.5. The lowest BCUT2D eigenvalue weighted by atomic mass is 9.95. The molecule has 1 aliphatic heterocycles. The van der Waals surface area contributed by atoms with E-state index in [1.165, 1.54) is 11.3 Å². The summed E-state index contributed by atoms with van der Waals surface area (Å²) in [6.07, 6.45) is 5.23. The van der Waals surface area contributed by atoms with Crippen LogP contribution in [-0.4, -0.2) is 20.5 Å². The Morgan fingerprint density at radius 1 is 1.19 bits per heavy atom. The number of aromatic nitrogens is 3. The third-order valence-corrected chi connectivity index (χ3v) is 6.52. The number of nitrogens with zero attached hydrogens (tertiary/aromatic N) is 3. The quantitative estimate of drug-likeness (QED) is 0.430. The molecule has 0 radical (unpaired) electrons. The van der Waals surface area contributed by atoms with Gasteiger partial charge in [-0.15, -0.1) is 11.3 Å². The van der Waals surface area contributed by atoms with Crippen molar-refractivity contribution in [2.75, 3.05) is 0 Å². The van der Waals surface area contributed by atoms with Crippen LogP contribution in [0, 0.1) is 6.92 Å². The molecule has 0 saturated heterocycles. The lowest BCUT2D eigenvalue weighted by molar-refractivity contribution is 0.0469. The Morgan fingerprint density at radius 3 is 2.81 bits per heavy atom. The number of carbonyl (C=O) groups is 1. The molecule has 0 bridgehead atoms. The number of esters is 1. The van der Waals surface area contributed by atoms with Crippen molar-refractivity contribution in [3.05, 3.63) is 92.4 Å². The number of benzene rings is 1. The van der Waals surface area contributed by atoms with E-state index in [-0.39, 0.29) is 17.7 Å². The Balaban J connectivity index is 1.65. The summed E-state index contributed by atoms with van der Waals surface area (Å²) in [7, 11) is 0. The summed E-state index contributed by atoms with van der Waals surface area (Å²) in [6.45, 7) is 2.46. The van der Waals surface area contributed by atoms with Gasteiger partial charge in [0.15, 0.2) is 0 Å². The molecule has 160 valence electrons. The normalized spacial score (nSPS) is 12.5. The fourth-order valence-electron chi connectivity index (χ4n) is 4.11. The highest BCUT2D eigenvalue weighted by Gasteiger charge is 2.25. The SMILES string of the molecule is Cc1csc(COC(=O)c2cc(-c3ccccc3)c3n(c2=O)CCCc2ccncc2-3)n1. The summed E-state index contributed by atoms with van der Waals surface area (Å²) < 4.78 is 7.18. The van der Waals surface area contributed by atoms with E-state index in [0.717, 1.165) is 46.5 Å². The average Bonchev–Trinajstić information content (AvgIpc) is 3.13. The molecule has 7 heteroatoms. The molecular weight excluding hydrogens is 422 g/mol. The van der Waals surface area contributed by atoms with Crippen molar-refractivity contribution in [2.45, 2.75) is 32.9 Å². The summed E-state index contributed by atoms with van der Waals surface area (Å²) in [4.78, 5) is 35.1. The van der Waals surface area contributed by atoms with E-state index in [4.69, 9.17) is 4.74 Å². The fraction of sp³-hybridized carbons (Fsp3) is 0.200. The number of pyridine rings is 2. The van der Waals surface area contributed by atoms with Gasteiger partial charge in [-0.3, -0.25) is 9.78 Å². The first-order valence-corrected chi connectivity index (χ1v) is 11.3. The van der Waals surface area contributed by atoms with Crippen LogP contribution in [0.5, 0.6) is 0 Å². The van der Waals surface area contributed by atoms with Gasteiger partial charge in [-0.2, -0.15) is 0 Å². The molecule has 32 heavy (non-hydrogen) atoms. The van der Waals surface area contributed by atoms with E-state index in [1.807, 2.05) is 48.7 Å². The van der Waals surface area contributed by atoms with Gasteiger partial charge in [-0.05, 0) is 43.0 Å². The summed E-state index contributed by atoms with van der Waals surface area (Å²) in [5, 5.41) is 2.60. The van der Waals surface area contributed by atoms with Gasteiger partial charge in [-0.25, -0.2) is 9.78 Å². The molecule has 0 unspecified atom stereocenters. The number of fused-ring (bicyclic) bond motifs is 3. The number of rotatable bonds is 4. The molecule has 0 saturated carbocycles. The first-order chi connectivity index (χ1) is 15.6. The van der Waals surface area contributed by atoms with E-state index >= 15 is 0 Å². The van der Waals surface area contributed by atoms with Gasteiger partial charge in [0.25, 0.3) is 5.56 Å². The molecule has 0 atom stereocenters. The number of ether oxygens (including phenoxy) is 1. The van der Waals surface area contributed by atoms with Gasteiger partial charge in [0.05, 0.1) is 5.69 Å². The van der Waals surface area contributed by atoms with Crippen LogP contribution in [-0.2, 0) is 24.3 Å². The van der Waals surface area contributed by atoms with Gasteiger partial charge < -0.3 is 9.30 Å². The number of aryl methyl sites for hydroxylation is 2. The topological polar surface area (TPSA) is 74.1 Å². The molecule has 1 aromatic carbocycles. The maximum atomic E-state index is 13.4. The molecule has 0 fully saturated rings. The van der Waals surface area contributed by atoms with Crippen molar-refractivity contribution in [2.24, 2.45) is 0 Å². The van der Waals surface area contributed by atoms with Gasteiger partial charge in [0, 0.05) is 41.1 Å². The smallest absolute Gasteiger partial charge is 0.344 e. The summed E-state index contributed by atoms with van der Waals surface area (Å²) >= 11 is 1.43. The van der Waals surface area contributed by atoms with Crippen molar-refractivity contribution in [3.63, 3.8) is 0 Å². The number of hydrogen-bond donors (Lipinski definition) is 0. The molecule has 1 aliphatic rings. The van der Waals surface area contributed by atoms with Crippen LogP contribution < -0.4 is 5.56 Å². The highest BCUT2D eigenvalue weighted by molar-refractivity contribution is 7.09. The maximum Gasteiger partial charge on any atom is 0.344 e. The Bertz CT molecular complexity index is 1360. The Labute approximate surface area is 189 Å². The molecular formula is C25H21N3O3S. The second kappa shape index (κ2) is 8.51. The summed E-state index contributed by atoms with van der Waals surface area (Å²) in [5.41, 5.74) is 5.20. The molecule has 0 aliphatic carbocycles. The van der Waals surface area contributed by atoms with Crippen molar-refractivity contribution >= 4 is 17.3 Å². The molecule has 0 amide bonds. The highest BCUT2D eigenvalue weighted by Crippen LogP contribution is 2.35. The molecule has 5 rings (SSSR count). The average molecular weight is 444 g/mol. The fourth-order valence-corrected chi connectivity index (χ4v) is 4.79. The Morgan fingerprint density at radius 2 is 2.03 bits per heavy atom. The van der Waals surface area contributed by atoms with Crippen LogP contribution in [0.4, 0.5) is 0 Å². The lowest BCUT2D eigenvalue weighted by Crippen LogP contribution is -2.29. The van der Waals surface area contributed by atoms with Crippen LogP contribution in [0.25, 0.3) is 22.4 Å². The standard InChI is InChI=1S/C25H21N3O3S/c1-16-15-32-22(27-16)14-31-25(30)20-12-19(17-6-3-2-4-7-17)23-21-13-26-10-9-18(21)8-5-11-28(23)24(20)29/h2-4,6-7,9-10,12-13,15H,5,8,11,14H2,1H3. The van der Waals surface area contributed by atoms with Crippen molar-refractivity contribution < 1.29 is 9.53 Å². The van der Waals surface area contributed by atoms with Crippen molar-refractivity contribution in [3.8, 4) is 22.4 Å². The van der Waals surface area contributed by atoms with Crippen LogP contribution in [0.1, 0.15) is 33.0 Å². The molecule has 6 nitrogen and oxygen atoms in total. The zero-order valence-electron chi connectivity index (χ0n) is 17.6. The first-order valence-electron chi connectivity index (χ1n) is 10.5. The van der Waals surface area contributed by atoms with E-state index in [2.05, 4.69) is 9.97 Å². The van der Waals surface area contributed by atoms with Crippen molar-refractivity contribution in [1.29, 1.82) is 0 Å². The second-order valence-electron chi connectivity index (χ2n) is 7.74. The largest absolute Gasteiger partial charge is 0.455 e. The predicted octanol–water partition coefficient (Wildman–Crippen LogP) is 4.65. The van der Waals surface area contributed by atoms with E-state index in [1.54, 1.807) is 23.0 Å². The zero-order valence-corrected chi connectivity index (χ0v) is 18.4. The monoisotopic (exact) mass is 443 g/mol. The molecule has 0 spiro atoms. The van der Waals surface area contributed by atoms with Crippen LogP contribution in [0.3, 0.4) is 0 Å². The highest BCUT2D eigenvalue weighted by atomic mass is 32.1. The minimum atomic E-state index is -0.633. The van der Waals surface area contributed by atoms with E-state index < -0.39 is 5.97 Å². The zero-order chi connectivity index (χ0) is 22.1. The second-order valence-corrected chi connectivity index (χ2v) is 8.68. The van der Waals surface area contributed by atoms with E-state index in [9.17, 15) is 9.59 Å². The number of thiazole rings is 1. The summed E-state index contributed by atoms with van der Waals surface area (Å²) in [5.74, 6) is -0.633. The molecule has 4 heterocycles. The minimum absolute atomic E-state index is 0.0354. The van der Waals surface area contributed by atoms with Gasteiger partial charge in [0.1, 0.15) is 17.2 Å². The maximum absolute atomic E-state index is 13.4. The van der Waals surface area contributed by atoms with Crippen LogP contribution >= 0.6 is 11.3 Å². The predicted molar refractivity (Wildman–Crippen MR) is 124 cm³/mol. The van der Waals surface area contributed by atoms with Crippen LogP contribution in [0.2, 0.25) is 0 Å².